The van der Waals surface area contributed by atoms with Crippen LogP contribution in [0, 0.1) is 0 Å². The van der Waals surface area contributed by atoms with Gasteiger partial charge >= 0.3 is 5.97 Å². The minimum atomic E-state index is -1.74. The molecule has 28 N–H and O–H groups in total. The number of unbranched alkanes of at least 4 members (excludes halogenated alkanes) is 2. The van der Waals surface area contributed by atoms with E-state index in [0.29, 0.717) is 24.8 Å². The second-order valence-corrected chi connectivity index (χ2v) is 23.1. The Kier molecular flexibility index (Phi) is 39.8. The summed E-state index contributed by atoms with van der Waals surface area (Å²) in [7, 11) is 0. The van der Waals surface area contributed by atoms with Gasteiger partial charge < -0.3 is 114 Å². The maximum atomic E-state index is 14.1. The number of amides is 11. The number of aliphatic hydroxyl groups excluding tert-OH is 2. The van der Waals surface area contributed by atoms with Crippen molar-refractivity contribution in [3.63, 3.8) is 0 Å². The standard InChI is InChI=1S/C62H100N20O16/c1-35(74-49(87)33-73-59(96)51(37(3)84)82-57(94)45(31-39-18-8-5-9-19-39)76-50(88)32-72-48(86)25-24-47(85)40(65)30-38-16-6-4-7-17-38)52(89)77-42(22-14-28-70-61(66)67)54(91)79-41(20-10-12-26-63)56(93)81-46(34-83)58(95)75-36(2)53(90)78-43(23-15-29-71-62(68)69)55(92)80-44(60(97)98)21-11-13-27-64/h4-9,16-19,35-37,40-46,51,83-84H,10-15,20-34,63-65H2,1-3H3,(H,72,86)(H,73,96)(H,74,87)(H,75,95)(H,76,88)(H,77,89)(H,78,90)(H,79,91)(H,80,92)(H,81,93)(H,82,94)(H,97,98)(H4,66,67,70)(H4,68,69,71)/t35-,36-,37-,40-,41-,42-,43-,44-,45-,46-,51-/m0/s1. The third-order valence-corrected chi connectivity index (χ3v) is 14.8. The molecule has 544 valence electrons. The minimum absolute atomic E-state index is 0.0276. The highest BCUT2D eigenvalue weighted by molar-refractivity contribution is 5.99. The van der Waals surface area contributed by atoms with Crippen LogP contribution in [0.15, 0.2) is 70.6 Å². The fraction of sp³-hybridized carbons (Fsp3) is 0.565. The lowest BCUT2D eigenvalue weighted by molar-refractivity contribution is -0.142. The minimum Gasteiger partial charge on any atom is -0.480 e. The summed E-state index contributed by atoms with van der Waals surface area (Å²) in [5, 5.41) is 57.3. The molecule has 0 saturated carbocycles. The van der Waals surface area contributed by atoms with Crippen molar-refractivity contribution in [2.75, 3.05) is 45.9 Å². The SMILES string of the molecule is C[C@H](NC(=O)CNC(=O)[C@@H](NC(=O)[C@H](Cc1ccccc1)NC(=O)CNC(=O)CCC(=O)[C@@H](N)Cc1ccccc1)[C@H](C)O)C(=O)N[C@@H](CCCN=C(N)N)C(=O)N[C@@H](CCCCN)C(=O)N[C@@H](CO)C(=O)N[C@@H](C)C(=O)N[C@@H](CCCN=C(N)N)C(=O)N[C@@H](CCCCN)C(=O)O. The van der Waals surface area contributed by atoms with Crippen LogP contribution in [-0.2, 0) is 75.2 Å². The summed E-state index contributed by atoms with van der Waals surface area (Å²) in [6.07, 6.45) is -0.490. The molecule has 2 rings (SSSR count). The Morgan fingerprint density at radius 3 is 1.32 bits per heavy atom. The fourth-order valence-electron chi connectivity index (χ4n) is 9.31. The molecule has 0 heterocycles. The molecule has 0 saturated heterocycles. The second kappa shape index (κ2) is 46.3. The van der Waals surface area contributed by atoms with Gasteiger partial charge in [0.05, 0.1) is 31.8 Å². The predicted octanol–water partition coefficient (Wildman–Crippen LogP) is -7.39. The zero-order valence-electron chi connectivity index (χ0n) is 55.6. The molecule has 2 aromatic carbocycles. The quantitative estimate of drug-likeness (QED) is 0.0166. The maximum Gasteiger partial charge on any atom is 0.326 e. The first-order chi connectivity index (χ1) is 46.5. The van der Waals surface area contributed by atoms with Crippen LogP contribution in [0.2, 0.25) is 0 Å². The lowest BCUT2D eigenvalue weighted by Gasteiger charge is -2.26. The molecule has 0 aromatic heterocycles. The summed E-state index contributed by atoms with van der Waals surface area (Å²) in [6.45, 7) is 1.68. The second-order valence-electron chi connectivity index (χ2n) is 23.1. The van der Waals surface area contributed by atoms with E-state index in [2.05, 4.69) is 68.5 Å². The van der Waals surface area contributed by atoms with Gasteiger partial charge in [-0.3, -0.25) is 67.5 Å². The fourth-order valence-corrected chi connectivity index (χ4v) is 9.31. The number of hydrogen-bond donors (Lipinski definition) is 21. The van der Waals surface area contributed by atoms with Gasteiger partial charge in [-0.15, -0.1) is 0 Å². The van der Waals surface area contributed by atoms with E-state index in [9.17, 15) is 77.6 Å². The highest BCUT2D eigenvalue weighted by Crippen LogP contribution is 2.11. The molecule has 0 spiro atoms. The highest BCUT2D eigenvalue weighted by Gasteiger charge is 2.35. The monoisotopic (exact) mass is 1380 g/mol. The normalized spacial score (nSPS) is 14.2. The molecule has 98 heavy (non-hydrogen) atoms. The number of aliphatic carboxylic acids is 1. The number of carboxylic acid groups (broad SMARTS) is 1. The molecule has 0 aliphatic heterocycles. The van der Waals surface area contributed by atoms with Gasteiger partial charge in [-0.05, 0) is 116 Å². The Bertz CT molecular complexity index is 2990. The van der Waals surface area contributed by atoms with Crippen LogP contribution in [0.1, 0.15) is 109 Å². The van der Waals surface area contributed by atoms with Crippen molar-refractivity contribution in [1.29, 1.82) is 0 Å². The van der Waals surface area contributed by atoms with E-state index in [1.807, 2.05) is 18.2 Å². The number of aliphatic hydroxyl groups is 2. The predicted molar refractivity (Wildman–Crippen MR) is 359 cm³/mol. The van der Waals surface area contributed by atoms with Crippen molar-refractivity contribution in [3.8, 4) is 0 Å². The Morgan fingerprint density at radius 1 is 0.439 bits per heavy atom. The van der Waals surface area contributed by atoms with E-state index in [-0.39, 0.29) is 115 Å². The number of carboxylic acids is 1. The third kappa shape index (κ3) is 34.2. The first-order valence-corrected chi connectivity index (χ1v) is 32.1. The number of nitrogens with zero attached hydrogens (tertiary/aromatic N) is 2. The van der Waals surface area contributed by atoms with Crippen molar-refractivity contribution < 1.29 is 77.6 Å². The number of guanidine groups is 2. The molecule has 11 amide bonds. The topological polar surface area (TPSA) is 622 Å². The number of ketones is 1. The van der Waals surface area contributed by atoms with E-state index < -0.39 is 157 Å². The van der Waals surface area contributed by atoms with Crippen molar-refractivity contribution in [1.82, 2.24) is 58.5 Å². The molecule has 0 aliphatic carbocycles. The van der Waals surface area contributed by atoms with E-state index in [4.69, 9.17) is 40.1 Å². The Labute approximate surface area is 567 Å². The molecular formula is C62H100N20O16. The van der Waals surface area contributed by atoms with Crippen LogP contribution in [0.4, 0.5) is 0 Å². The van der Waals surface area contributed by atoms with Gasteiger partial charge in [0.1, 0.15) is 60.2 Å². The molecule has 0 aliphatic rings. The van der Waals surface area contributed by atoms with Crippen LogP contribution in [0.25, 0.3) is 0 Å². The largest absolute Gasteiger partial charge is 0.480 e. The first kappa shape index (κ1) is 84.2. The summed E-state index contributed by atoms with van der Waals surface area (Å²) in [4.78, 5) is 181. The number of nitrogens with two attached hydrogens (primary N) is 7. The number of hydrogen-bond acceptors (Lipinski definition) is 20. The summed E-state index contributed by atoms with van der Waals surface area (Å²) >= 11 is 0. The third-order valence-electron chi connectivity index (χ3n) is 14.8. The van der Waals surface area contributed by atoms with Crippen molar-refractivity contribution in [2.45, 2.75) is 177 Å². The molecule has 2 aromatic rings. The van der Waals surface area contributed by atoms with E-state index in [1.54, 1.807) is 42.5 Å². The van der Waals surface area contributed by atoms with Gasteiger partial charge in [-0.1, -0.05) is 60.7 Å². The molecular weight excluding hydrogens is 1280 g/mol. The zero-order chi connectivity index (χ0) is 73.3. The number of nitrogens with one attached hydrogen (secondary N) is 11. The molecule has 36 nitrogen and oxygen atoms in total. The van der Waals surface area contributed by atoms with Crippen molar-refractivity contribution in [2.24, 2.45) is 50.1 Å². The van der Waals surface area contributed by atoms with E-state index >= 15 is 0 Å². The van der Waals surface area contributed by atoms with Crippen LogP contribution in [-0.4, -0.2) is 216 Å². The summed E-state index contributed by atoms with van der Waals surface area (Å²) in [5.41, 5.74) is 40.5. The maximum absolute atomic E-state index is 14.1. The van der Waals surface area contributed by atoms with Gasteiger partial charge in [-0.2, -0.15) is 0 Å². The molecule has 0 fully saturated rings. The Hall–Kier alpha value is -9.91. The summed E-state index contributed by atoms with van der Waals surface area (Å²) in [6, 6.07) is 3.36. The molecule has 36 heteroatoms. The first-order valence-electron chi connectivity index (χ1n) is 32.1. The number of rotatable bonds is 48. The van der Waals surface area contributed by atoms with Crippen LogP contribution < -0.4 is 98.6 Å². The van der Waals surface area contributed by atoms with Crippen LogP contribution in [0.3, 0.4) is 0 Å². The summed E-state index contributed by atoms with van der Waals surface area (Å²) < 4.78 is 0. The molecule has 0 unspecified atom stereocenters. The Balaban J connectivity index is 2.18. The molecule has 11 atom stereocenters. The number of carbonyl (C=O) groups is 13. The van der Waals surface area contributed by atoms with E-state index in [1.165, 1.54) is 20.8 Å². The average molecular weight is 1380 g/mol. The van der Waals surface area contributed by atoms with Gasteiger partial charge in [0.2, 0.25) is 65.0 Å². The van der Waals surface area contributed by atoms with Gasteiger partial charge in [0.25, 0.3) is 0 Å². The van der Waals surface area contributed by atoms with Gasteiger partial charge in [0.15, 0.2) is 11.9 Å². The molecule has 0 bridgehead atoms. The van der Waals surface area contributed by atoms with E-state index in [0.717, 1.165) is 5.56 Å². The van der Waals surface area contributed by atoms with Crippen molar-refractivity contribution in [3.05, 3.63) is 71.8 Å². The average Bonchev–Trinajstić information content (AvgIpc) is 0.887. The lowest BCUT2D eigenvalue weighted by atomic mass is 10.0. The summed E-state index contributed by atoms with van der Waals surface area (Å²) in [5.74, 6) is -12.4. The molecule has 0 radical (unpaired) electrons. The Morgan fingerprint density at radius 2 is 0.847 bits per heavy atom. The van der Waals surface area contributed by atoms with Gasteiger partial charge in [-0.25, -0.2) is 4.79 Å². The number of Topliss-reactive ketones (excluding diaryl/α,β-unsaturated/α-hetero) is 1. The highest BCUT2D eigenvalue weighted by atomic mass is 16.4. The zero-order valence-corrected chi connectivity index (χ0v) is 55.6. The smallest absolute Gasteiger partial charge is 0.326 e. The number of aliphatic imine (C=N–C) groups is 2. The van der Waals surface area contributed by atoms with Crippen molar-refractivity contribution >= 4 is 88.7 Å². The van der Waals surface area contributed by atoms with Crippen LogP contribution in [0.5, 0.6) is 0 Å². The van der Waals surface area contributed by atoms with Gasteiger partial charge in [0, 0.05) is 32.4 Å². The lowest BCUT2D eigenvalue weighted by Crippen LogP contribution is -2.60. The van der Waals surface area contributed by atoms with Crippen LogP contribution >= 0.6 is 0 Å². The number of carbonyl (C=O) groups excluding carboxylic acids is 12. The number of benzene rings is 2.